The standard InChI is InChI=1S/C12H15NO2.ClH/c1-9-7-13(11(9)12(14)15)8-10-5-3-2-4-6-10;/h2-6,9,11H,7-8H2,1H3,(H,14,15);1H/t9-,11?;/m0./s1. The third-order valence-electron chi connectivity index (χ3n) is 2.94. The van der Waals surface area contributed by atoms with Gasteiger partial charge in [-0.15, -0.1) is 12.4 Å². The molecule has 1 aromatic rings. The third kappa shape index (κ3) is 2.54. The number of carboxylic acids is 1. The van der Waals surface area contributed by atoms with Crippen LogP contribution < -0.4 is 0 Å². The van der Waals surface area contributed by atoms with Crippen LogP contribution >= 0.6 is 12.4 Å². The molecule has 16 heavy (non-hydrogen) atoms. The number of carboxylic acid groups (broad SMARTS) is 1. The Morgan fingerprint density at radius 2 is 2.06 bits per heavy atom. The summed E-state index contributed by atoms with van der Waals surface area (Å²) in [5.74, 6) is -0.434. The Morgan fingerprint density at radius 1 is 1.44 bits per heavy atom. The van der Waals surface area contributed by atoms with Crippen molar-refractivity contribution >= 4 is 18.4 Å². The van der Waals surface area contributed by atoms with Gasteiger partial charge in [0.2, 0.25) is 0 Å². The van der Waals surface area contributed by atoms with Gasteiger partial charge in [-0.3, -0.25) is 9.69 Å². The van der Waals surface area contributed by atoms with E-state index in [2.05, 4.69) is 0 Å². The van der Waals surface area contributed by atoms with Gasteiger partial charge in [-0.05, 0) is 11.5 Å². The first-order chi connectivity index (χ1) is 7.18. The quantitative estimate of drug-likeness (QED) is 0.880. The molecular formula is C12H16ClNO2. The first kappa shape index (κ1) is 13.0. The first-order valence-corrected chi connectivity index (χ1v) is 5.19. The number of carbonyl (C=O) groups is 1. The molecule has 0 bridgehead atoms. The summed E-state index contributed by atoms with van der Waals surface area (Å²) in [4.78, 5) is 13.0. The summed E-state index contributed by atoms with van der Waals surface area (Å²) >= 11 is 0. The zero-order valence-corrected chi connectivity index (χ0v) is 9.98. The van der Waals surface area contributed by atoms with Gasteiger partial charge < -0.3 is 5.11 Å². The van der Waals surface area contributed by atoms with Crippen molar-refractivity contribution < 1.29 is 9.90 Å². The lowest BCUT2D eigenvalue weighted by Crippen LogP contribution is -2.58. The molecule has 0 radical (unpaired) electrons. The fourth-order valence-corrected chi connectivity index (χ4v) is 2.19. The number of likely N-dealkylation sites (tertiary alicyclic amines) is 1. The molecule has 88 valence electrons. The Morgan fingerprint density at radius 3 is 2.56 bits per heavy atom. The lowest BCUT2D eigenvalue weighted by molar-refractivity contribution is -0.153. The summed E-state index contributed by atoms with van der Waals surface area (Å²) in [5, 5.41) is 9.01. The highest BCUT2D eigenvalue weighted by atomic mass is 35.5. The van der Waals surface area contributed by atoms with Crippen molar-refractivity contribution in [2.24, 2.45) is 5.92 Å². The smallest absolute Gasteiger partial charge is 0.321 e. The van der Waals surface area contributed by atoms with E-state index in [1.807, 2.05) is 42.2 Å². The average molecular weight is 242 g/mol. The summed E-state index contributed by atoms with van der Waals surface area (Å²) in [6, 6.07) is 9.69. The molecule has 0 aromatic heterocycles. The second kappa shape index (κ2) is 5.32. The van der Waals surface area contributed by atoms with Crippen LogP contribution in [0.4, 0.5) is 0 Å². The highest BCUT2D eigenvalue weighted by Gasteiger charge is 2.40. The molecule has 0 amide bonds. The van der Waals surface area contributed by atoms with Crippen LogP contribution in [-0.2, 0) is 11.3 Å². The van der Waals surface area contributed by atoms with Gasteiger partial charge >= 0.3 is 5.97 Å². The van der Waals surface area contributed by atoms with Gasteiger partial charge in [-0.25, -0.2) is 0 Å². The van der Waals surface area contributed by atoms with Crippen molar-refractivity contribution in [3.05, 3.63) is 35.9 Å². The number of benzene rings is 1. The number of halogens is 1. The normalized spacial score (nSPS) is 24.3. The summed E-state index contributed by atoms with van der Waals surface area (Å²) in [6.45, 7) is 3.61. The van der Waals surface area contributed by atoms with E-state index in [-0.39, 0.29) is 24.4 Å². The Bertz CT molecular complexity index is 355. The zero-order valence-electron chi connectivity index (χ0n) is 9.17. The predicted octanol–water partition coefficient (Wildman–Crippen LogP) is 2.01. The third-order valence-corrected chi connectivity index (χ3v) is 2.94. The monoisotopic (exact) mass is 241 g/mol. The number of aliphatic carboxylic acids is 1. The van der Waals surface area contributed by atoms with Crippen LogP contribution in [0.5, 0.6) is 0 Å². The van der Waals surface area contributed by atoms with Gasteiger partial charge in [0.15, 0.2) is 0 Å². The molecule has 1 heterocycles. The molecule has 4 heteroatoms. The van der Waals surface area contributed by atoms with Gasteiger partial charge in [-0.2, -0.15) is 0 Å². The maximum absolute atomic E-state index is 11.0. The molecule has 1 aliphatic rings. The minimum atomic E-state index is -0.704. The van der Waals surface area contributed by atoms with Crippen molar-refractivity contribution in [1.29, 1.82) is 0 Å². The molecule has 1 aromatic carbocycles. The summed E-state index contributed by atoms with van der Waals surface area (Å²) in [7, 11) is 0. The van der Waals surface area contributed by atoms with E-state index in [9.17, 15) is 4.79 Å². The minimum absolute atomic E-state index is 0. The van der Waals surface area contributed by atoms with Crippen molar-refractivity contribution in [2.45, 2.75) is 19.5 Å². The van der Waals surface area contributed by atoms with Crippen LogP contribution in [0.2, 0.25) is 0 Å². The van der Waals surface area contributed by atoms with E-state index in [0.29, 0.717) is 0 Å². The van der Waals surface area contributed by atoms with Crippen LogP contribution in [0.3, 0.4) is 0 Å². The molecule has 0 spiro atoms. The van der Waals surface area contributed by atoms with Gasteiger partial charge in [-0.1, -0.05) is 37.3 Å². The second-order valence-corrected chi connectivity index (χ2v) is 4.18. The summed E-state index contributed by atoms with van der Waals surface area (Å²) in [6.07, 6.45) is 0. The SMILES string of the molecule is C[C@H]1CN(Cc2ccccc2)C1C(=O)O.Cl. The first-order valence-electron chi connectivity index (χ1n) is 5.19. The molecule has 1 saturated heterocycles. The molecule has 2 rings (SSSR count). The van der Waals surface area contributed by atoms with Gasteiger partial charge in [0.05, 0.1) is 0 Å². The van der Waals surface area contributed by atoms with E-state index >= 15 is 0 Å². The molecule has 1 aliphatic heterocycles. The Kier molecular flexibility index (Phi) is 4.33. The van der Waals surface area contributed by atoms with Crippen LogP contribution in [-0.4, -0.2) is 28.6 Å². The van der Waals surface area contributed by atoms with E-state index < -0.39 is 5.97 Å². The fraction of sp³-hybridized carbons (Fsp3) is 0.417. The average Bonchev–Trinajstić information content (AvgIpc) is 2.17. The maximum Gasteiger partial charge on any atom is 0.321 e. The zero-order chi connectivity index (χ0) is 10.8. The maximum atomic E-state index is 11.0. The van der Waals surface area contributed by atoms with Gasteiger partial charge in [0.25, 0.3) is 0 Å². The number of nitrogens with zero attached hydrogens (tertiary/aromatic N) is 1. The summed E-state index contributed by atoms with van der Waals surface area (Å²) in [5.41, 5.74) is 1.18. The largest absolute Gasteiger partial charge is 0.480 e. The Labute approximate surface area is 101 Å². The number of rotatable bonds is 3. The second-order valence-electron chi connectivity index (χ2n) is 4.18. The van der Waals surface area contributed by atoms with E-state index in [1.54, 1.807) is 0 Å². The molecule has 3 nitrogen and oxygen atoms in total. The van der Waals surface area contributed by atoms with Gasteiger partial charge in [0, 0.05) is 13.1 Å². The van der Waals surface area contributed by atoms with Crippen LogP contribution in [0.25, 0.3) is 0 Å². The molecule has 0 aliphatic carbocycles. The molecule has 1 fully saturated rings. The Hall–Kier alpha value is -1.06. The van der Waals surface area contributed by atoms with Crippen LogP contribution in [0.15, 0.2) is 30.3 Å². The van der Waals surface area contributed by atoms with E-state index in [4.69, 9.17) is 5.11 Å². The van der Waals surface area contributed by atoms with Gasteiger partial charge in [0.1, 0.15) is 6.04 Å². The minimum Gasteiger partial charge on any atom is -0.480 e. The van der Waals surface area contributed by atoms with Crippen LogP contribution in [0, 0.1) is 5.92 Å². The fourth-order valence-electron chi connectivity index (χ4n) is 2.19. The molecule has 1 N–H and O–H groups in total. The predicted molar refractivity (Wildman–Crippen MR) is 64.7 cm³/mol. The van der Waals surface area contributed by atoms with Crippen LogP contribution in [0.1, 0.15) is 12.5 Å². The lowest BCUT2D eigenvalue weighted by Gasteiger charge is -2.43. The lowest BCUT2D eigenvalue weighted by atomic mass is 9.90. The van der Waals surface area contributed by atoms with E-state index in [0.717, 1.165) is 13.1 Å². The van der Waals surface area contributed by atoms with Crippen molar-refractivity contribution in [3.63, 3.8) is 0 Å². The topological polar surface area (TPSA) is 40.5 Å². The van der Waals surface area contributed by atoms with Crippen molar-refractivity contribution in [2.75, 3.05) is 6.54 Å². The van der Waals surface area contributed by atoms with Crippen molar-refractivity contribution in [1.82, 2.24) is 4.90 Å². The van der Waals surface area contributed by atoms with Crippen molar-refractivity contribution in [3.8, 4) is 0 Å². The molecule has 2 atom stereocenters. The van der Waals surface area contributed by atoms with E-state index in [1.165, 1.54) is 5.56 Å². The molecule has 1 unspecified atom stereocenters. The highest BCUT2D eigenvalue weighted by molar-refractivity contribution is 5.85. The highest BCUT2D eigenvalue weighted by Crippen LogP contribution is 2.26. The Balaban J connectivity index is 0.00000128. The number of hydrogen-bond acceptors (Lipinski definition) is 2. The molecule has 0 saturated carbocycles. The summed E-state index contributed by atoms with van der Waals surface area (Å²) < 4.78 is 0. The molecular weight excluding hydrogens is 226 g/mol. The number of hydrogen-bond donors (Lipinski definition) is 1.